The third kappa shape index (κ3) is 3.07. The number of fused-ring (bicyclic) bond motifs is 2. The van der Waals surface area contributed by atoms with Crippen molar-refractivity contribution >= 4 is 0 Å². The number of pyridine rings is 1. The second-order valence-electron chi connectivity index (χ2n) is 7.46. The van der Waals surface area contributed by atoms with Gasteiger partial charge in [0.15, 0.2) is 0 Å². The van der Waals surface area contributed by atoms with Gasteiger partial charge in [0.05, 0.1) is 18.4 Å². The highest BCUT2D eigenvalue weighted by molar-refractivity contribution is 5.04. The van der Waals surface area contributed by atoms with Crippen LogP contribution in [0.3, 0.4) is 0 Å². The third-order valence-electron chi connectivity index (χ3n) is 5.98. The van der Waals surface area contributed by atoms with Gasteiger partial charge in [-0.2, -0.15) is 0 Å². The minimum atomic E-state index is 0.450. The Morgan fingerprint density at radius 2 is 2.00 bits per heavy atom. The van der Waals surface area contributed by atoms with Crippen molar-refractivity contribution < 1.29 is 4.74 Å². The predicted octanol–water partition coefficient (Wildman–Crippen LogP) is 3.64. The highest BCUT2D eigenvalue weighted by atomic mass is 16.5. The van der Waals surface area contributed by atoms with E-state index in [-0.39, 0.29) is 0 Å². The van der Waals surface area contributed by atoms with Gasteiger partial charge in [-0.3, -0.25) is 9.88 Å². The Morgan fingerprint density at radius 1 is 1.09 bits per heavy atom. The quantitative estimate of drug-likeness (QED) is 0.830. The van der Waals surface area contributed by atoms with Crippen molar-refractivity contribution in [3.05, 3.63) is 30.1 Å². The summed E-state index contributed by atoms with van der Waals surface area (Å²) in [4.78, 5) is 7.14. The largest absolute Gasteiger partial charge is 0.370 e. The summed E-state index contributed by atoms with van der Waals surface area (Å²) in [6, 6.07) is 6.76. The summed E-state index contributed by atoms with van der Waals surface area (Å²) in [6.45, 7) is 3.27. The Hall–Kier alpha value is -0.930. The van der Waals surface area contributed by atoms with E-state index < -0.39 is 0 Å². The molecule has 0 aromatic carbocycles. The van der Waals surface area contributed by atoms with E-state index in [9.17, 15) is 0 Å². The van der Waals surface area contributed by atoms with Crippen LogP contribution in [0.15, 0.2) is 24.4 Å². The monoisotopic (exact) mass is 300 g/mol. The van der Waals surface area contributed by atoms with Crippen molar-refractivity contribution in [3.8, 4) is 0 Å². The molecule has 2 heterocycles. The van der Waals surface area contributed by atoms with E-state index in [0.717, 1.165) is 17.5 Å². The molecule has 1 aromatic heterocycles. The van der Waals surface area contributed by atoms with E-state index in [1.165, 1.54) is 58.0 Å². The van der Waals surface area contributed by atoms with E-state index in [1.807, 2.05) is 18.3 Å². The fourth-order valence-corrected chi connectivity index (χ4v) is 4.87. The molecule has 2 saturated carbocycles. The van der Waals surface area contributed by atoms with Gasteiger partial charge in [-0.25, -0.2) is 0 Å². The number of hydrogen-bond acceptors (Lipinski definition) is 3. The Balaban J connectivity index is 1.32. The topological polar surface area (TPSA) is 25.4 Å². The van der Waals surface area contributed by atoms with Crippen LogP contribution in [0.25, 0.3) is 0 Å². The van der Waals surface area contributed by atoms with Crippen molar-refractivity contribution in [2.75, 3.05) is 13.1 Å². The lowest BCUT2D eigenvalue weighted by Gasteiger charge is -2.32. The average Bonchev–Trinajstić information content (AvgIpc) is 3.11. The summed E-state index contributed by atoms with van der Waals surface area (Å²) in [5.41, 5.74) is 1.06. The number of rotatable bonds is 5. The highest BCUT2D eigenvalue weighted by Crippen LogP contribution is 2.41. The van der Waals surface area contributed by atoms with Crippen molar-refractivity contribution in [3.63, 3.8) is 0 Å². The SMILES string of the molecule is c1ccc(COC2C3CCC2N(CC2CCCCC2)C3)nc1. The van der Waals surface area contributed by atoms with E-state index >= 15 is 0 Å². The predicted molar refractivity (Wildman–Crippen MR) is 87.5 cm³/mol. The Labute approximate surface area is 134 Å². The van der Waals surface area contributed by atoms with Gasteiger partial charge >= 0.3 is 0 Å². The zero-order valence-electron chi connectivity index (χ0n) is 13.5. The van der Waals surface area contributed by atoms with E-state index in [1.54, 1.807) is 0 Å². The molecule has 3 unspecified atom stereocenters. The zero-order valence-corrected chi connectivity index (χ0v) is 13.5. The second kappa shape index (κ2) is 6.67. The van der Waals surface area contributed by atoms with E-state index in [4.69, 9.17) is 4.74 Å². The number of aromatic nitrogens is 1. The fourth-order valence-electron chi connectivity index (χ4n) is 4.87. The minimum absolute atomic E-state index is 0.450. The zero-order chi connectivity index (χ0) is 14.8. The van der Waals surface area contributed by atoms with Crippen LogP contribution < -0.4 is 0 Å². The highest BCUT2D eigenvalue weighted by Gasteiger charge is 2.47. The lowest BCUT2D eigenvalue weighted by Crippen LogP contribution is -2.39. The fraction of sp³-hybridized carbons (Fsp3) is 0.737. The Bertz CT molecular complexity index is 472. The van der Waals surface area contributed by atoms with Crippen LogP contribution in [0, 0.1) is 11.8 Å². The molecule has 4 rings (SSSR count). The molecule has 1 aromatic rings. The van der Waals surface area contributed by atoms with Gasteiger partial charge in [0.1, 0.15) is 0 Å². The number of likely N-dealkylation sites (tertiary alicyclic amines) is 1. The van der Waals surface area contributed by atoms with Crippen LogP contribution in [0.1, 0.15) is 50.6 Å². The molecule has 3 heteroatoms. The van der Waals surface area contributed by atoms with Gasteiger partial charge in [-0.15, -0.1) is 0 Å². The first-order valence-corrected chi connectivity index (χ1v) is 9.16. The molecule has 0 amide bonds. The molecule has 3 nitrogen and oxygen atoms in total. The lowest BCUT2D eigenvalue weighted by molar-refractivity contribution is 0.0125. The van der Waals surface area contributed by atoms with Crippen LogP contribution in [-0.2, 0) is 11.3 Å². The standard InChI is InChI=1S/C19H28N2O/c1-2-6-15(7-3-1)12-21-13-16-9-10-18(21)19(16)22-14-17-8-4-5-11-20-17/h4-5,8,11,15-16,18-19H,1-3,6-7,9-10,12-14H2. The van der Waals surface area contributed by atoms with Gasteiger partial charge in [0, 0.05) is 25.3 Å². The number of hydrogen-bond donors (Lipinski definition) is 0. The number of ether oxygens (including phenoxy) is 1. The lowest BCUT2D eigenvalue weighted by atomic mass is 9.88. The first-order chi connectivity index (χ1) is 10.9. The van der Waals surface area contributed by atoms with Gasteiger partial charge in [-0.05, 0) is 49.7 Å². The second-order valence-corrected chi connectivity index (χ2v) is 7.46. The van der Waals surface area contributed by atoms with Crippen LogP contribution in [0.5, 0.6) is 0 Å². The summed E-state index contributed by atoms with van der Waals surface area (Å²) in [6.07, 6.45) is 12.3. The maximum Gasteiger partial charge on any atom is 0.0892 e. The molecule has 3 fully saturated rings. The van der Waals surface area contributed by atoms with Crippen LogP contribution in [0.4, 0.5) is 0 Å². The van der Waals surface area contributed by atoms with Gasteiger partial charge in [-0.1, -0.05) is 25.3 Å². The van der Waals surface area contributed by atoms with Gasteiger partial charge in [0.25, 0.3) is 0 Å². The summed E-state index contributed by atoms with van der Waals surface area (Å²) in [5, 5.41) is 0. The summed E-state index contributed by atoms with van der Waals surface area (Å²) >= 11 is 0. The van der Waals surface area contributed by atoms with Gasteiger partial charge < -0.3 is 4.74 Å². The molecule has 2 bridgehead atoms. The maximum atomic E-state index is 6.29. The van der Waals surface area contributed by atoms with Crippen LogP contribution in [0.2, 0.25) is 0 Å². The summed E-state index contributed by atoms with van der Waals surface area (Å²) in [7, 11) is 0. The molecule has 0 radical (unpaired) electrons. The van der Waals surface area contributed by atoms with Crippen LogP contribution in [-0.4, -0.2) is 35.1 Å². The first-order valence-electron chi connectivity index (χ1n) is 9.16. The number of nitrogens with zero attached hydrogens (tertiary/aromatic N) is 2. The first kappa shape index (κ1) is 14.6. The molecule has 1 aliphatic heterocycles. The van der Waals surface area contributed by atoms with Crippen molar-refractivity contribution in [2.24, 2.45) is 11.8 Å². The molecule has 3 atom stereocenters. The maximum absolute atomic E-state index is 6.29. The summed E-state index contributed by atoms with van der Waals surface area (Å²) < 4.78 is 6.29. The normalized spacial score (nSPS) is 32.6. The van der Waals surface area contributed by atoms with Crippen molar-refractivity contribution in [1.82, 2.24) is 9.88 Å². The molecular formula is C19H28N2O. The molecule has 0 N–H and O–H groups in total. The molecule has 1 saturated heterocycles. The smallest absolute Gasteiger partial charge is 0.0892 e. The van der Waals surface area contributed by atoms with E-state index in [0.29, 0.717) is 18.8 Å². The van der Waals surface area contributed by atoms with Crippen molar-refractivity contribution in [2.45, 2.75) is 63.7 Å². The average molecular weight is 300 g/mol. The molecule has 2 aliphatic carbocycles. The Morgan fingerprint density at radius 3 is 2.82 bits per heavy atom. The summed E-state index contributed by atoms with van der Waals surface area (Å²) in [5.74, 6) is 1.71. The van der Waals surface area contributed by atoms with Crippen molar-refractivity contribution in [1.29, 1.82) is 0 Å². The number of piperidine rings is 1. The molecular weight excluding hydrogens is 272 g/mol. The molecule has 22 heavy (non-hydrogen) atoms. The third-order valence-corrected chi connectivity index (χ3v) is 5.98. The van der Waals surface area contributed by atoms with E-state index in [2.05, 4.69) is 16.0 Å². The molecule has 120 valence electrons. The Kier molecular flexibility index (Phi) is 4.44. The molecule has 0 spiro atoms. The molecule has 3 aliphatic rings. The van der Waals surface area contributed by atoms with Gasteiger partial charge in [0.2, 0.25) is 0 Å². The van der Waals surface area contributed by atoms with Crippen LogP contribution >= 0.6 is 0 Å². The minimum Gasteiger partial charge on any atom is -0.370 e.